The minimum Gasteiger partial charge on any atom is -0.367 e. The average molecular weight is 375 g/mol. The fraction of sp³-hybridized carbons (Fsp3) is 0.444. The maximum atomic E-state index is 4.65. The van der Waals surface area contributed by atoms with Crippen molar-refractivity contribution in [3.63, 3.8) is 0 Å². The predicted octanol–water partition coefficient (Wildman–Crippen LogP) is 4.32. The van der Waals surface area contributed by atoms with Gasteiger partial charge in [-0.25, -0.2) is 9.97 Å². The summed E-state index contributed by atoms with van der Waals surface area (Å²) in [5.41, 5.74) is 2.81. The Morgan fingerprint density at radius 3 is 2.87 bits per heavy atom. The van der Waals surface area contributed by atoms with Gasteiger partial charge in [-0.3, -0.25) is 0 Å². The van der Waals surface area contributed by atoms with E-state index >= 15 is 0 Å². The number of aromatic nitrogens is 2. The van der Waals surface area contributed by atoms with E-state index in [4.69, 9.17) is 0 Å². The van der Waals surface area contributed by atoms with E-state index in [0.717, 1.165) is 47.9 Å². The fourth-order valence-electron chi connectivity index (χ4n) is 2.86. The molecule has 23 heavy (non-hydrogen) atoms. The molecule has 0 amide bonds. The Kier molecular flexibility index (Phi) is 4.85. The van der Waals surface area contributed by atoms with E-state index in [0.29, 0.717) is 6.04 Å². The van der Waals surface area contributed by atoms with Crippen LogP contribution < -0.4 is 10.2 Å². The first-order valence-corrected chi connectivity index (χ1v) is 8.99. The number of anilines is 2. The highest BCUT2D eigenvalue weighted by Gasteiger charge is 2.18. The van der Waals surface area contributed by atoms with Gasteiger partial charge in [-0.05, 0) is 49.9 Å². The molecular formula is C18H23BrN4. The zero-order valence-electron chi connectivity index (χ0n) is 13.9. The molecule has 0 fully saturated rings. The second kappa shape index (κ2) is 6.87. The van der Waals surface area contributed by atoms with Crippen LogP contribution in [0.5, 0.6) is 0 Å². The van der Waals surface area contributed by atoms with Crippen LogP contribution in [0.3, 0.4) is 0 Å². The van der Waals surface area contributed by atoms with Crippen molar-refractivity contribution in [2.45, 2.75) is 46.2 Å². The summed E-state index contributed by atoms with van der Waals surface area (Å²) in [5.74, 6) is 2.75. The Morgan fingerprint density at radius 1 is 1.26 bits per heavy atom. The number of aryl methyl sites for hydroxylation is 1. The third-order valence-electron chi connectivity index (χ3n) is 4.34. The van der Waals surface area contributed by atoms with Gasteiger partial charge < -0.3 is 10.2 Å². The average Bonchev–Trinajstić information content (AvgIpc) is 2.53. The van der Waals surface area contributed by atoms with Crippen LogP contribution in [-0.2, 0) is 13.0 Å². The smallest absolute Gasteiger partial charge is 0.134 e. The number of rotatable bonds is 4. The highest BCUT2D eigenvalue weighted by Crippen LogP contribution is 2.26. The molecule has 122 valence electrons. The van der Waals surface area contributed by atoms with Crippen molar-refractivity contribution in [1.82, 2.24) is 9.97 Å². The number of hydrogen-bond acceptors (Lipinski definition) is 4. The Labute approximate surface area is 146 Å². The fourth-order valence-corrected chi connectivity index (χ4v) is 3.27. The summed E-state index contributed by atoms with van der Waals surface area (Å²) >= 11 is 3.56. The molecule has 2 aromatic rings. The van der Waals surface area contributed by atoms with Gasteiger partial charge >= 0.3 is 0 Å². The molecule has 4 nitrogen and oxygen atoms in total. The van der Waals surface area contributed by atoms with Crippen molar-refractivity contribution in [3.8, 4) is 0 Å². The van der Waals surface area contributed by atoms with Crippen molar-refractivity contribution in [1.29, 1.82) is 0 Å². The zero-order valence-corrected chi connectivity index (χ0v) is 15.5. The standard InChI is InChI=1S/C18H23BrN4/c1-4-12(2)20-17-10-18(22-13(3)21-17)23-8-7-14-9-16(19)6-5-15(14)11-23/h5-6,9-10,12H,4,7-8,11H2,1-3H3,(H,20,21,22)/t12-/m0/s1. The molecule has 2 heterocycles. The molecule has 3 rings (SSSR count). The molecule has 0 bridgehead atoms. The van der Waals surface area contributed by atoms with Crippen LogP contribution in [0.2, 0.25) is 0 Å². The van der Waals surface area contributed by atoms with Crippen molar-refractivity contribution in [2.24, 2.45) is 0 Å². The van der Waals surface area contributed by atoms with Crippen LogP contribution in [0.1, 0.15) is 37.2 Å². The molecule has 1 aliphatic heterocycles. The summed E-state index contributed by atoms with van der Waals surface area (Å²) in [4.78, 5) is 11.5. The Hall–Kier alpha value is -1.62. The van der Waals surface area contributed by atoms with Gasteiger partial charge in [0.25, 0.3) is 0 Å². The Morgan fingerprint density at radius 2 is 2.09 bits per heavy atom. The summed E-state index contributed by atoms with van der Waals surface area (Å²) in [6, 6.07) is 9.04. The molecule has 1 aliphatic rings. The first kappa shape index (κ1) is 16.2. The third kappa shape index (κ3) is 3.83. The Bertz CT molecular complexity index is 701. The molecule has 1 aromatic carbocycles. The molecule has 1 aromatic heterocycles. The number of halogens is 1. The van der Waals surface area contributed by atoms with Gasteiger partial charge in [0.15, 0.2) is 0 Å². The predicted molar refractivity (Wildman–Crippen MR) is 99.0 cm³/mol. The van der Waals surface area contributed by atoms with Crippen LogP contribution in [0.4, 0.5) is 11.6 Å². The molecule has 0 saturated carbocycles. The third-order valence-corrected chi connectivity index (χ3v) is 4.83. The number of benzene rings is 1. The maximum Gasteiger partial charge on any atom is 0.134 e. The van der Waals surface area contributed by atoms with Crippen LogP contribution in [0, 0.1) is 6.92 Å². The lowest BCUT2D eigenvalue weighted by atomic mass is 10.00. The van der Waals surface area contributed by atoms with Gasteiger partial charge in [-0.1, -0.05) is 28.9 Å². The molecule has 1 atom stereocenters. The first-order valence-electron chi connectivity index (χ1n) is 8.19. The van der Waals surface area contributed by atoms with E-state index in [1.165, 1.54) is 11.1 Å². The van der Waals surface area contributed by atoms with E-state index in [2.05, 4.69) is 74.2 Å². The molecular weight excluding hydrogens is 352 g/mol. The highest BCUT2D eigenvalue weighted by atomic mass is 79.9. The number of nitrogens with zero attached hydrogens (tertiary/aromatic N) is 3. The normalized spacial score (nSPS) is 15.2. The highest BCUT2D eigenvalue weighted by molar-refractivity contribution is 9.10. The second-order valence-electron chi connectivity index (χ2n) is 6.20. The molecule has 5 heteroatoms. The molecule has 0 radical (unpaired) electrons. The number of hydrogen-bond donors (Lipinski definition) is 1. The van der Waals surface area contributed by atoms with Gasteiger partial charge in [-0.15, -0.1) is 0 Å². The zero-order chi connectivity index (χ0) is 16.4. The summed E-state index contributed by atoms with van der Waals surface area (Å²) < 4.78 is 1.16. The lowest BCUT2D eigenvalue weighted by Crippen LogP contribution is -2.31. The summed E-state index contributed by atoms with van der Waals surface area (Å²) in [7, 11) is 0. The summed E-state index contributed by atoms with van der Waals surface area (Å²) in [6.07, 6.45) is 2.12. The number of fused-ring (bicyclic) bond motifs is 1. The van der Waals surface area contributed by atoms with E-state index in [-0.39, 0.29) is 0 Å². The first-order chi connectivity index (χ1) is 11.0. The summed E-state index contributed by atoms with van der Waals surface area (Å²) in [5, 5.41) is 3.45. The van der Waals surface area contributed by atoms with Crippen LogP contribution in [-0.4, -0.2) is 22.6 Å². The van der Waals surface area contributed by atoms with Crippen LogP contribution in [0.25, 0.3) is 0 Å². The van der Waals surface area contributed by atoms with Gasteiger partial charge in [0, 0.05) is 29.7 Å². The van der Waals surface area contributed by atoms with Crippen molar-refractivity contribution >= 4 is 27.6 Å². The molecule has 0 saturated heterocycles. The Balaban J connectivity index is 1.83. The maximum absolute atomic E-state index is 4.65. The van der Waals surface area contributed by atoms with Gasteiger partial charge in [0.1, 0.15) is 17.5 Å². The second-order valence-corrected chi connectivity index (χ2v) is 7.11. The van der Waals surface area contributed by atoms with Gasteiger partial charge in [-0.2, -0.15) is 0 Å². The van der Waals surface area contributed by atoms with E-state index in [9.17, 15) is 0 Å². The van der Waals surface area contributed by atoms with Crippen LogP contribution in [0.15, 0.2) is 28.7 Å². The molecule has 0 unspecified atom stereocenters. The van der Waals surface area contributed by atoms with Gasteiger partial charge in [0.05, 0.1) is 0 Å². The quantitative estimate of drug-likeness (QED) is 0.864. The van der Waals surface area contributed by atoms with Gasteiger partial charge in [0.2, 0.25) is 0 Å². The largest absolute Gasteiger partial charge is 0.367 e. The SMILES string of the molecule is CC[C@H](C)Nc1cc(N2CCc3cc(Br)ccc3C2)nc(C)n1. The lowest BCUT2D eigenvalue weighted by Gasteiger charge is -2.30. The number of nitrogens with one attached hydrogen (secondary N) is 1. The van der Waals surface area contributed by atoms with E-state index in [1.54, 1.807) is 0 Å². The van der Waals surface area contributed by atoms with Crippen molar-refractivity contribution < 1.29 is 0 Å². The summed E-state index contributed by atoms with van der Waals surface area (Å²) in [6.45, 7) is 8.20. The van der Waals surface area contributed by atoms with Crippen molar-refractivity contribution in [3.05, 3.63) is 45.7 Å². The molecule has 1 N–H and O–H groups in total. The van der Waals surface area contributed by atoms with E-state index < -0.39 is 0 Å². The molecule has 0 aliphatic carbocycles. The van der Waals surface area contributed by atoms with E-state index in [1.807, 2.05) is 6.92 Å². The monoisotopic (exact) mass is 374 g/mol. The minimum absolute atomic E-state index is 0.414. The minimum atomic E-state index is 0.414. The topological polar surface area (TPSA) is 41.0 Å². The van der Waals surface area contributed by atoms with Crippen LogP contribution >= 0.6 is 15.9 Å². The lowest BCUT2D eigenvalue weighted by molar-refractivity contribution is 0.714. The molecule has 0 spiro atoms. The van der Waals surface area contributed by atoms with Crippen molar-refractivity contribution in [2.75, 3.05) is 16.8 Å².